The lowest BCUT2D eigenvalue weighted by Crippen LogP contribution is -2.71. The van der Waals surface area contributed by atoms with E-state index in [1.807, 2.05) is 20.9 Å². The first kappa shape index (κ1) is 26.5. The summed E-state index contributed by atoms with van der Waals surface area (Å²) in [6, 6.07) is 2.14. The van der Waals surface area contributed by atoms with Crippen LogP contribution in [-0.2, 0) is 24.5 Å². The molecule has 0 radical (unpaired) electrons. The van der Waals surface area contributed by atoms with Crippen LogP contribution in [0.3, 0.4) is 0 Å². The molecule has 1 aromatic rings. The van der Waals surface area contributed by atoms with Gasteiger partial charge in [-0.2, -0.15) is 0 Å². The number of likely N-dealkylation sites (tertiary alicyclic amines) is 2. The summed E-state index contributed by atoms with van der Waals surface area (Å²) in [6.45, 7) is 4.75. The fraction of sp³-hybridized carbons (Fsp3) is 0.593. The molecule has 1 aromatic carbocycles. The number of phenols is 1. The van der Waals surface area contributed by atoms with Crippen LogP contribution in [0.4, 0.5) is 0 Å². The largest absolute Gasteiger partial charge is 0.504 e. The minimum atomic E-state index is -1.86. The van der Waals surface area contributed by atoms with E-state index in [4.69, 9.17) is 14.6 Å². The molecule has 3 aliphatic heterocycles. The van der Waals surface area contributed by atoms with Crippen molar-refractivity contribution in [3.8, 4) is 11.5 Å². The number of hydrogen-bond acceptors (Lipinski definition) is 9. The number of ether oxygens (including phenoxy) is 2. The number of carboxylic acid groups (broad SMARTS) is 1. The third-order valence-electron chi connectivity index (χ3n) is 9.05. The van der Waals surface area contributed by atoms with Crippen molar-refractivity contribution in [1.82, 2.24) is 9.80 Å². The predicted octanol–water partition coefficient (Wildman–Crippen LogP) is 0.812. The van der Waals surface area contributed by atoms with Crippen LogP contribution >= 0.6 is 0 Å². The molecule has 6 atom stereocenters. The Labute approximate surface area is 220 Å². The number of benzene rings is 1. The highest BCUT2D eigenvalue weighted by Gasteiger charge is 2.69. The second-order valence-corrected chi connectivity index (χ2v) is 10.9. The van der Waals surface area contributed by atoms with Crippen LogP contribution in [0.2, 0.25) is 0 Å². The molecule has 1 spiro atoms. The van der Waals surface area contributed by atoms with E-state index in [2.05, 4.69) is 4.90 Å². The van der Waals surface area contributed by atoms with Gasteiger partial charge in [0.15, 0.2) is 23.7 Å². The molecule has 0 unspecified atom stereocenters. The number of aryl methyl sites for hydroxylation is 1. The zero-order valence-corrected chi connectivity index (χ0v) is 21.7. The van der Waals surface area contributed by atoms with Gasteiger partial charge < -0.3 is 39.7 Å². The zero-order chi connectivity index (χ0) is 27.6. The number of aliphatic hydroxyl groups is 2. The summed E-state index contributed by atoms with van der Waals surface area (Å²) in [7, 11) is 1.95. The SMILES string of the molecule is Cc1ccc(O)c2c1[C@]13CCN(C)[C@H](C)[C@]1(O)CC=C(OC(=O)[C@@H]1CCCN1C(=O)C[C@H](O)C(=O)O)[C@@H]3O2. The van der Waals surface area contributed by atoms with Crippen LogP contribution in [0.1, 0.15) is 50.2 Å². The van der Waals surface area contributed by atoms with Crippen molar-refractivity contribution >= 4 is 17.8 Å². The number of carbonyl (C=O) groups is 3. The monoisotopic (exact) mass is 530 g/mol. The lowest BCUT2D eigenvalue weighted by Gasteiger charge is -2.58. The molecule has 2 fully saturated rings. The number of piperidine rings is 1. The van der Waals surface area contributed by atoms with E-state index in [-0.39, 0.29) is 36.3 Å². The molecule has 11 heteroatoms. The highest BCUT2D eigenvalue weighted by molar-refractivity contribution is 5.88. The van der Waals surface area contributed by atoms with Gasteiger partial charge in [0.1, 0.15) is 11.8 Å². The number of aliphatic hydroxyl groups excluding tert-OH is 1. The van der Waals surface area contributed by atoms with Gasteiger partial charge in [-0.15, -0.1) is 0 Å². The average molecular weight is 531 g/mol. The molecule has 0 aromatic heterocycles. The van der Waals surface area contributed by atoms with Gasteiger partial charge in [0.2, 0.25) is 5.91 Å². The Kier molecular flexibility index (Phi) is 6.44. The Bertz CT molecular complexity index is 1220. The number of amides is 1. The second kappa shape index (κ2) is 9.25. The number of fused-ring (bicyclic) bond motifs is 1. The minimum absolute atomic E-state index is 0.0569. The Morgan fingerprint density at radius 1 is 1.26 bits per heavy atom. The molecule has 11 nitrogen and oxygen atoms in total. The van der Waals surface area contributed by atoms with E-state index in [9.17, 15) is 29.7 Å². The molecule has 4 aliphatic rings. The number of hydrogen-bond donors (Lipinski definition) is 4. The molecular formula is C27H34N2O9. The van der Waals surface area contributed by atoms with E-state index >= 15 is 0 Å². The molecule has 4 N–H and O–H groups in total. The zero-order valence-electron chi connectivity index (χ0n) is 21.7. The molecule has 2 saturated heterocycles. The van der Waals surface area contributed by atoms with Gasteiger partial charge in [0, 0.05) is 24.6 Å². The summed E-state index contributed by atoms with van der Waals surface area (Å²) in [5, 5.41) is 41.5. The van der Waals surface area contributed by atoms with E-state index < -0.39 is 53.5 Å². The van der Waals surface area contributed by atoms with Gasteiger partial charge in [-0.25, -0.2) is 9.59 Å². The predicted molar refractivity (Wildman–Crippen MR) is 132 cm³/mol. The third-order valence-corrected chi connectivity index (χ3v) is 9.05. The highest BCUT2D eigenvalue weighted by atomic mass is 16.6. The fourth-order valence-corrected chi connectivity index (χ4v) is 6.87. The summed E-state index contributed by atoms with van der Waals surface area (Å²) < 4.78 is 12.2. The van der Waals surface area contributed by atoms with Crippen molar-refractivity contribution in [3.63, 3.8) is 0 Å². The number of rotatable bonds is 5. The number of aliphatic carboxylic acids is 1. The van der Waals surface area contributed by atoms with E-state index in [1.54, 1.807) is 18.2 Å². The van der Waals surface area contributed by atoms with Gasteiger partial charge in [0.05, 0.1) is 17.4 Å². The summed E-state index contributed by atoms with van der Waals surface area (Å²) >= 11 is 0. The Hall–Kier alpha value is -3.15. The lowest BCUT2D eigenvalue weighted by molar-refractivity contribution is -0.165. The van der Waals surface area contributed by atoms with Crippen LogP contribution in [0.25, 0.3) is 0 Å². The molecule has 206 valence electrons. The molecule has 5 rings (SSSR count). The summed E-state index contributed by atoms with van der Waals surface area (Å²) in [5.74, 6) is -2.40. The van der Waals surface area contributed by atoms with Gasteiger partial charge in [-0.3, -0.25) is 4.79 Å². The highest BCUT2D eigenvalue weighted by Crippen LogP contribution is 2.62. The van der Waals surface area contributed by atoms with E-state index in [1.165, 1.54) is 4.90 Å². The molecule has 38 heavy (non-hydrogen) atoms. The smallest absolute Gasteiger partial charge is 0.334 e. The second-order valence-electron chi connectivity index (χ2n) is 10.9. The molecule has 0 saturated carbocycles. The minimum Gasteiger partial charge on any atom is -0.504 e. The summed E-state index contributed by atoms with van der Waals surface area (Å²) in [5.41, 5.74) is -0.676. The van der Waals surface area contributed by atoms with Crippen LogP contribution in [0.5, 0.6) is 11.5 Å². The molecule has 1 aliphatic carbocycles. The lowest BCUT2D eigenvalue weighted by atomic mass is 9.54. The Balaban J connectivity index is 1.47. The van der Waals surface area contributed by atoms with Gasteiger partial charge >= 0.3 is 11.9 Å². The third kappa shape index (κ3) is 3.70. The van der Waals surface area contributed by atoms with Crippen molar-refractivity contribution in [1.29, 1.82) is 0 Å². The maximum Gasteiger partial charge on any atom is 0.334 e. The van der Waals surface area contributed by atoms with Crippen LogP contribution in [0.15, 0.2) is 24.0 Å². The topological polar surface area (TPSA) is 157 Å². The number of carbonyl (C=O) groups excluding carboxylic acids is 2. The number of phenolic OH excluding ortho intramolecular Hbond substituents is 1. The van der Waals surface area contributed by atoms with Crippen LogP contribution in [0, 0.1) is 6.92 Å². The van der Waals surface area contributed by atoms with Gasteiger partial charge in [0.25, 0.3) is 0 Å². The molecular weight excluding hydrogens is 496 g/mol. The first-order chi connectivity index (χ1) is 17.9. The van der Waals surface area contributed by atoms with E-state index in [0.717, 1.165) is 5.56 Å². The van der Waals surface area contributed by atoms with Crippen molar-refractivity contribution in [2.45, 2.75) is 81.3 Å². The average Bonchev–Trinajstić information content (AvgIpc) is 3.50. The molecule has 1 amide bonds. The van der Waals surface area contributed by atoms with Crippen molar-refractivity contribution in [2.24, 2.45) is 0 Å². The number of likely N-dealkylation sites (N-methyl/N-ethyl adjacent to an activating group) is 1. The fourth-order valence-electron chi connectivity index (χ4n) is 6.87. The first-order valence-corrected chi connectivity index (χ1v) is 13.0. The van der Waals surface area contributed by atoms with Gasteiger partial charge in [-0.05, 0) is 64.4 Å². The maximum atomic E-state index is 13.4. The number of aromatic hydroxyl groups is 1. The summed E-state index contributed by atoms with van der Waals surface area (Å²) in [4.78, 5) is 40.4. The van der Waals surface area contributed by atoms with Crippen molar-refractivity contribution < 1.29 is 44.3 Å². The van der Waals surface area contributed by atoms with Crippen LogP contribution < -0.4 is 4.74 Å². The Morgan fingerprint density at radius 3 is 2.71 bits per heavy atom. The quantitative estimate of drug-likeness (QED) is 0.402. The summed E-state index contributed by atoms with van der Waals surface area (Å²) in [6.07, 6.45) is -0.152. The number of nitrogens with zero attached hydrogens (tertiary/aromatic N) is 2. The van der Waals surface area contributed by atoms with Crippen molar-refractivity contribution in [2.75, 3.05) is 20.1 Å². The molecule has 0 bridgehead atoms. The first-order valence-electron chi connectivity index (χ1n) is 13.0. The van der Waals surface area contributed by atoms with Gasteiger partial charge in [-0.1, -0.05) is 6.07 Å². The van der Waals surface area contributed by atoms with Crippen molar-refractivity contribution in [3.05, 3.63) is 35.1 Å². The Morgan fingerprint density at radius 2 is 2.00 bits per heavy atom. The maximum absolute atomic E-state index is 13.4. The number of esters is 1. The standard InChI is InChI=1S/C27H34N2O9/c1-14-6-7-17(30)22-21(14)26-10-12-28(3)15(2)27(26,36)9-8-19(23(26)38-22)37-25(35)16-5-4-11-29(16)20(32)13-18(31)24(33)34/h6-8,15-16,18,23,30-31,36H,4-5,9-13H2,1-3H3,(H,33,34)/t15-,16+,18+,23+,26+,27-/m1/s1. The van der Waals surface area contributed by atoms with Crippen LogP contribution in [-0.4, -0.2) is 98.1 Å². The molecule has 3 heterocycles. The van der Waals surface area contributed by atoms with E-state index in [0.29, 0.717) is 31.4 Å². The number of carboxylic acids is 1. The normalized spacial score (nSPS) is 32.9.